The van der Waals surface area contributed by atoms with E-state index in [1.807, 2.05) is 0 Å². The van der Waals surface area contributed by atoms with E-state index >= 15 is 0 Å². The van der Waals surface area contributed by atoms with Crippen molar-refractivity contribution in [3.05, 3.63) is 12.2 Å². The fourth-order valence-electron chi connectivity index (χ4n) is 7.79. The van der Waals surface area contributed by atoms with E-state index < -0.39 is 6.10 Å². The molecule has 0 rings (SSSR count). The Morgan fingerprint density at radius 2 is 0.559 bits per heavy atom. The van der Waals surface area contributed by atoms with E-state index in [4.69, 9.17) is 14.2 Å². The number of hydrogen-bond acceptors (Lipinski definition) is 6. The summed E-state index contributed by atoms with van der Waals surface area (Å²) in [7, 11) is 0. The molecule has 6 heteroatoms. The van der Waals surface area contributed by atoms with Crippen molar-refractivity contribution in [3.8, 4) is 0 Å². The lowest BCUT2D eigenvalue weighted by molar-refractivity contribution is -0.167. The highest BCUT2D eigenvalue weighted by Crippen LogP contribution is 2.16. The van der Waals surface area contributed by atoms with E-state index in [1.54, 1.807) is 0 Å². The normalized spacial score (nSPS) is 12.0. The number of ether oxygens (including phenoxy) is 3. The molecule has 59 heavy (non-hydrogen) atoms. The molecule has 0 aromatic rings. The van der Waals surface area contributed by atoms with Crippen LogP contribution >= 0.6 is 0 Å². The van der Waals surface area contributed by atoms with Crippen LogP contribution in [-0.2, 0) is 28.6 Å². The van der Waals surface area contributed by atoms with E-state index in [2.05, 4.69) is 32.9 Å². The summed E-state index contributed by atoms with van der Waals surface area (Å²) in [5, 5.41) is 0. The Kier molecular flexibility index (Phi) is 47.3. The highest BCUT2D eigenvalue weighted by atomic mass is 16.6. The van der Waals surface area contributed by atoms with Crippen LogP contribution in [0.15, 0.2) is 12.2 Å². The van der Waals surface area contributed by atoms with Crippen molar-refractivity contribution in [2.75, 3.05) is 13.2 Å². The van der Waals surface area contributed by atoms with Crippen LogP contribution in [0.3, 0.4) is 0 Å². The van der Waals surface area contributed by atoms with Crippen molar-refractivity contribution in [1.82, 2.24) is 0 Å². The molecule has 0 fully saturated rings. The number of rotatable bonds is 48. The van der Waals surface area contributed by atoms with Gasteiger partial charge in [-0.15, -0.1) is 0 Å². The topological polar surface area (TPSA) is 78.9 Å². The van der Waals surface area contributed by atoms with Crippen LogP contribution in [0.4, 0.5) is 0 Å². The maximum atomic E-state index is 12.7. The molecule has 0 heterocycles. The van der Waals surface area contributed by atoms with E-state index in [-0.39, 0.29) is 31.1 Å². The molecule has 0 aliphatic heterocycles. The van der Waals surface area contributed by atoms with Gasteiger partial charge >= 0.3 is 17.9 Å². The van der Waals surface area contributed by atoms with Gasteiger partial charge in [0.05, 0.1) is 0 Å². The first-order chi connectivity index (χ1) is 29.0. The van der Waals surface area contributed by atoms with Crippen LogP contribution < -0.4 is 0 Å². The molecule has 0 aliphatic rings. The highest BCUT2D eigenvalue weighted by Gasteiger charge is 2.19. The van der Waals surface area contributed by atoms with E-state index in [1.165, 1.54) is 193 Å². The van der Waals surface area contributed by atoms with Gasteiger partial charge in [0.1, 0.15) is 13.2 Å². The third-order valence-corrected chi connectivity index (χ3v) is 11.8. The van der Waals surface area contributed by atoms with E-state index in [9.17, 15) is 14.4 Å². The lowest BCUT2D eigenvalue weighted by Gasteiger charge is -2.18. The van der Waals surface area contributed by atoms with Crippen LogP contribution in [0, 0.1) is 0 Å². The average molecular weight is 833 g/mol. The van der Waals surface area contributed by atoms with Gasteiger partial charge in [0.15, 0.2) is 6.10 Å². The Morgan fingerprint density at radius 1 is 0.322 bits per heavy atom. The zero-order valence-corrected chi connectivity index (χ0v) is 39.8. The molecule has 0 radical (unpaired) electrons. The third kappa shape index (κ3) is 47.1. The van der Waals surface area contributed by atoms with Gasteiger partial charge in [0.2, 0.25) is 0 Å². The Morgan fingerprint density at radius 3 is 0.847 bits per heavy atom. The zero-order chi connectivity index (χ0) is 43.0. The second kappa shape index (κ2) is 48.8. The smallest absolute Gasteiger partial charge is 0.306 e. The summed E-state index contributed by atoms with van der Waals surface area (Å²) in [6.45, 7) is 6.60. The molecule has 348 valence electrons. The lowest BCUT2D eigenvalue weighted by Crippen LogP contribution is -2.30. The lowest BCUT2D eigenvalue weighted by atomic mass is 10.0. The number of allylic oxidation sites excluding steroid dienone is 2. The molecule has 0 amide bonds. The Hall–Kier alpha value is -1.85. The summed E-state index contributed by atoms with van der Waals surface area (Å²) in [6, 6.07) is 0. The fourth-order valence-corrected chi connectivity index (χ4v) is 7.79. The highest BCUT2D eigenvalue weighted by molar-refractivity contribution is 5.71. The largest absolute Gasteiger partial charge is 0.462 e. The van der Waals surface area contributed by atoms with Crippen molar-refractivity contribution in [3.63, 3.8) is 0 Å². The van der Waals surface area contributed by atoms with Crippen molar-refractivity contribution in [2.45, 2.75) is 297 Å². The molecule has 0 bridgehead atoms. The van der Waals surface area contributed by atoms with Crippen molar-refractivity contribution >= 4 is 17.9 Å². The van der Waals surface area contributed by atoms with Gasteiger partial charge in [-0.1, -0.05) is 238 Å². The van der Waals surface area contributed by atoms with Crippen LogP contribution in [0.5, 0.6) is 0 Å². The summed E-state index contributed by atoms with van der Waals surface area (Å²) in [6.07, 6.45) is 53.7. The Labute approximate surface area is 367 Å². The second-order valence-corrected chi connectivity index (χ2v) is 17.8. The molecular weight excluding hydrogens is 733 g/mol. The van der Waals surface area contributed by atoms with Crippen LogP contribution in [-0.4, -0.2) is 37.2 Å². The SMILES string of the molecule is CCCCCCCCCC/C=C\CCCCCCCCCCCCCC(=O)OCC(COC(=O)CCCCCCCC)OC(=O)CCCCCCCCCCCCCC. The minimum atomic E-state index is -0.761. The molecular formula is C53H100O6. The summed E-state index contributed by atoms with van der Waals surface area (Å²) >= 11 is 0. The first-order valence-corrected chi connectivity index (χ1v) is 26.2. The Bertz CT molecular complexity index is 916. The van der Waals surface area contributed by atoms with Gasteiger partial charge in [-0.25, -0.2) is 0 Å². The monoisotopic (exact) mass is 833 g/mol. The van der Waals surface area contributed by atoms with Gasteiger partial charge in [0.25, 0.3) is 0 Å². The molecule has 0 spiro atoms. The molecule has 1 unspecified atom stereocenters. The molecule has 0 aromatic heterocycles. The standard InChI is InChI=1S/C53H100O6/c1-4-7-10-13-16-18-20-22-23-24-25-26-27-28-29-30-31-32-34-35-37-40-43-46-52(55)58-49-50(48-57-51(54)45-42-39-15-12-9-6-3)59-53(56)47-44-41-38-36-33-21-19-17-14-11-8-5-2/h24-25,50H,4-23,26-49H2,1-3H3/b25-24-. The molecule has 0 N–H and O–H groups in total. The fraction of sp³-hybridized carbons (Fsp3) is 0.906. The molecule has 6 nitrogen and oxygen atoms in total. The summed E-state index contributed by atoms with van der Waals surface area (Å²) in [4.78, 5) is 37.7. The average Bonchev–Trinajstić information content (AvgIpc) is 3.23. The maximum absolute atomic E-state index is 12.7. The van der Waals surface area contributed by atoms with Gasteiger partial charge < -0.3 is 14.2 Å². The summed E-state index contributed by atoms with van der Waals surface area (Å²) < 4.78 is 16.7. The molecule has 0 aromatic carbocycles. The van der Waals surface area contributed by atoms with Gasteiger partial charge in [-0.2, -0.15) is 0 Å². The van der Waals surface area contributed by atoms with Crippen LogP contribution in [0.25, 0.3) is 0 Å². The van der Waals surface area contributed by atoms with Crippen molar-refractivity contribution < 1.29 is 28.6 Å². The molecule has 0 aliphatic carbocycles. The van der Waals surface area contributed by atoms with Gasteiger partial charge in [-0.3, -0.25) is 14.4 Å². The predicted octanol–water partition coefficient (Wildman–Crippen LogP) is 17.0. The maximum Gasteiger partial charge on any atom is 0.306 e. The summed E-state index contributed by atoms with van der Waals surface area (Å²) in [5.41, 5.74) is 0. The van der Waals surface area contributed by atoms with Gasteiger partial charge in [-0.05, 0) is 44.9 Å². The number of hydrogen-bond donors (Lipinski definition) is 0. The molecule has 0 saturated carbocycles. The van der Waals surface area contributed by atoms with Gasteiger partial charge in [0, 0.05) is 19.3 Å². The molecule has 0 saturated heterocycles. The first kappa shape index (κ1) is 57.1. The second-order valence-electron chi connectivity index (χ2n) is 17.8. The quantitative estimate of drug-likeness (QED) is 0.0263. The molecule has 1 atom stereocenters. The number of unbranched alkanes of at least 4 members (excludes halogenated alkanes) is 35. The zero-order valence-electron chi connectivity index (χ0n) is 39.8. The number of carbonyl (C=O) groups excluding carboxylic acids is 3. The van der Waals surface area contributed by atoms with Crippen LogP contribution in [0.2, 0.25) is 0 Å². The van der Waals surface area contributed by atoms with Crippen molar-refractivity contribution in [1.29, 1.82) is 0 Å². The number of carbonyl (C=O) groups is 3. The van der Waals surface area contributed by atoms with Crippen molar-refractivity contribution in [2.24, 2.45) is 0 Å². The minimum Gasteiger partial charge on any atom is -0.462 e. The third-order valence-electron chi connectivity index (χ3n) is 11.8. The minimum absolute atomic E-state index is 0.0661. The van der Waals surface area contributed by atoms with E-state index in [0.717, 1.165) is 57.8 Å². The Balaban J connectivity index is 4.07. The summed E-state index contributed by atoms with van der Waals surface area (Å²) in [5.74, 6) is -0.863. The number of esters is 3. The van der Waals surface area contributed by atoms with E-state index in [0.29, 0.717) is 19.3 Å². The van der Waals surface area contributed by atoms with Crippen LogP contribution in [0.1, 0.15) is 290 Å². The predicted molar refractivity (Wildman–Crippen MR) is 252 cm³/mol. The first-order valence-electron chi connectivity index (χ1n) is 26.2.